The largest absolute Gasteiger partial charge is 0.493 e. The SMILES string of the molecule is COc1cc(-c2nc3ccc(C(=O)NCCCN4CCN(c5cccc(C)c5C)CC4)cc3n2C2CCC2)cc(OC)c1OC. The Morgan fingerprint density at radius 2 is 1.67 bits per heavy atom. The maximum absolute atomic E-state index is 13.3. The number of amides is 1. The van der Waals surface area contributed by atoms with E-state index in [-0.39, 0.29) is 5.91 Å². The van der Waals surface area contributed by atoms with Crippen molar-refractivity contribution in [2.75, 3.05) is 65.5 Å². The Bertz CT molecular complexity index is 1640. The van der Waals surface area contributed by atoms with Crippen molar-refractivity contribution < 1.29 is 19.0 Å². The van der Waals surface area contributed by atoms with E-state index in [4.69, 9.17) is 19.2 Å². The van der Waals surface area contributed by atoms with E-state index in [1.54, 1.807) is 21.3 Å². The molecule has 6 rings (SSSR count). The van der Waals surface area contributed by atoms with E-state index in [2.05, 4.69) is 51.7 Å². The lowest BCUT2D eigenvalue weighted by Crippen LogP contribution is -2.47. The zero-order chi connectivity index (χ0) is 31.5. The zero-order valence-corrected chi connectivity index (χ0v) is 27.2. The molecule has 1 N–H and O–H groups in total. The Balaban J connectivity index is 1.11. The molecule has 1 saturated heterocycles. The van der Waals surface area contributed by atoms with Crippen LogP contribution < -0.4 is 24.4 Å². The molecule has 238 valence electrons. The molecule has 0 bridgehead atoms. The molecule has 2 fully saturated rings. The number of hydrogen-bond acceptors (Lipinski definition) is 7. The van der Waals surface area contributed by atoms with Crippen LogP contribution in [-0.2, 0) is 0 Å². The molecule has 9 heteroatoms. The van der Waals surface area contributed by atoms with Crippen LogP contribution in [0.5, 0.6) is 17.2 Å². The number of aromatic nitrogens is 2. The summed E-state index contributed by atoms with van der Waals surface area (Å²) in [6.45, 7) is 10.2. The highest BCUT2D eigenvalue weighted by Gasteiger charge is 2.27. The number of rotatable bonds is 11. The summed E-state index contributed by atoms with van der Waals surface area (Å²) >= 11 is 0. The molecule has 3 aromatic carbocycles. The number of carbonyl (C=O) groups is 1. The Morgan fingerprint density at radius 1 is 0.933 bits per heavy atom. The van der Waals surface area contributed by atoms with E-state index < -0.39 is 0 Å². The molecule has 45 heavy (non-hydrogen) atoms. The summed E-state index contributed by atoms with van der Waals surface area (Å²) < 4.78 is 19.1. The summed E-state index contributed by atoms with van der Waals surface area (Å²) in [5.74, 6) is 2.51. The number of piperazine rings is 1. The normalized spacial score (nSPS) is 15.6. The molecule has 9 nitrogen and oxygen atoms in total. The third-order valence-corrected chi connectivity index (χ3v) is 9.54. The van der Waals surface area contributed by atoms with Gasteiger partial charge in [0.2, 0.25) is 5.75 Å². The molecule has 4 aromatic rings. The fraction of sp³-hybridized carbons (Fsp3) is 0.444. The number of hydrogen-bond donors (Lipinski definition) is 1. The Morgan fingerprint density at radius 3 is 2.31 bits per heavy atom. The molecule has 0 unspecified atom stereocenters. The van der Waals surface area contributed by atoms with Crippen LogP contribution in [0.2, 0.25) is 0 Å². The van der Waals surface area contributed by atoms with Gasteiger partial charge in [0.25, 0.3) is 5.91 Å². The quantitative estimate of drug-likeness (QED) is 0.208. The van der Waals surface area contributed by atoms with Gasteiger partial charge in [-0.1, -0.05) is 12.1 Å². The first-order chi connectivity index (χ1) is 21.9. The van der Waals surface area contributed by atoms with Gasteiger partial charge in [0.15, 0.2) is 11.5 Å². The van der Waals surface area contributed by atoms with Crippen LogP contribution in [0.1, 0.15) is 53.2 Å². The molecule has 1 saturated carbocycles. The van der Waals surface area contributed by atoms with E-state index in [0.29, 0.717) is 35.4 Å². The van der Waals surface area contributed by atoms with Crippen molar-refractivity contribution in [3.63, 3.8) is 0 Å². The van der Waals surface area contributed by atoms with Gasteiger partial charge < -0.3 is 29.0 Å². The molecule has 1 aromatic heterocycles. The van der Waals surface area contributed by atoms with Gasteiger partial charge in [-0.15, -0.1) is 0 Å². The van der Waals surface area contributed by atoms with Crippen LogP contribution >= 0.6 is 0 Å². The molecular formula is C36H45N5O4. The summed E-state index contributed by atoms with van der Waals surface area (Å²) in [7, 11) is 4.84. The van der Waals surface area contributed by atoms with Gasteiger partial charge >= 0.3 is 0 Å². The highest BCUT2D eigenvalue weighted by molar-refractivity contribution is 5.98. The molecule has 0 radical (unpaired) electrons. The van der Waals surface area contributed by atoms with Gasteiger partial charge in [0.05, 0.1) is 32.4 Å². The third-order valence-electron chi connectivity index (χ3n) is 9.54. The molecule has 0 spiro atoms. The van der Waals surface area contributed by atoms with Crippen molar-refractivity contribution in [3.05, 3.63) is 65.2 Å². The number of anilines is 1. The lowest BCUT2D eigenvalue weighted by Gasteiger charge is -2.37. The van der Waals surface area contributed by atoms with Crippen molar-refractivity contribution in [1.82, 2.24) is 19.8 Å². The molecule has 2 aliphatic rings. The van der Waals surface area contributed by atoms with E-state index in [0.717, 1.165) is 74.4 Å². The highest BCUT2D eigenvalue weighted by atomic mass is 16.5. The number of aryl methyl sites for hydroxylation is 1. The van der Waals surface area contributed by atoms with Crippen molar-refractivity contribution in [2.45, 2.75) is 45.6 Å². The Hall–Kier alpha value is -4.24. The molecule has 0 atom stereocenters. The van der Waals surface area contributed by atoms with E-state index >= 15 is 0 Å². The van der Waals surface area contributed by atoms with Gasteiger partial charge in [0, 0.05) is 55.6 Å². The third kappa shape index (κ3) is 6.18. The van der Waals surface area contributed by atoms with Crippen LogP contribution in [0.15, 0.2) is 48.5 Å². The van der Waals surface area contributed by atoms with Gasteiger partial charge in [-0.2, -0.15) is 0 Å². The summed E-state index contributed by atoms with van der Waals surface area (Å²) in [5.41, 5.74) is 7.44. The fourth-order valence-electron chi connectivity index (χ4n) is 6.56. The predicted molar refractivity (Wildman–Crippen MR) is 179 cm³/mol. The first kappa shape index (κ1) is 30.8. The van der Waals surface area contributed by atoms with Crippen molar-refractivity contribution in [1.29, 1.82) is 0 Å². The number of carbonyl (C=O) groups excluding carboxylic acids is 1. The standard InChI is InChI=1S/C36H45N5O4/c1-24-9-6-12-30(25(24)2)40-19-17-39(18-20-40)16-8-15-37-36(42)26-13-14-29-31(21-26)41(28-10-7-11-28)35(38-29)27-22-32(43-3)34(45-5)33(23-27)44-4/h6,9,12-14,21-23,28H,7-8,10-11,15-20H2,1-5H3,(H,37,42). The topological polar surface area (TPSA) is 81.1 Å². The van der Waals surface area contributed by atoms with E-state index in [9.17, 15) is 4.79 Å². The van der Waals surface area contributed by atoms with Crippen LogP contribution in [-0.4, -0.2) is 81.0 Å². The van der Waals surface area contributed by atoms with Crippen LogP contribution in [0.3, 0.4) is 0 Å². The minimum Gasteiger partial charge on any atom is -0.493 e. The van der Waals surface area contributed by atoms with Crippen molar-refractivity contribution >= 4 is 22.6 Å². The monoisotopic (exact) mass is 611 g/mol. The summed E-state index contributed by atoms with van der Waals surface area (Å²) in [6, 6.07) is 16.6. The number of methoxy groups -OCH3 is 3. The average Bonchev–Trinajstić information content (AvgIpc) is 3.41. The van der Waals surface area contributed by atoms with Gasteiger partial charge in [-0.3, -0.25) is 9.69 Å². The molecular weight excluding hydrogens is 566 g/mol. The first-order valence-electron chi connectivity index (χ1n) is 16.1. The maximum Gasteiger partial charge on any atom is 0.251 e. The minimum absolute atomic E-state index is 0.0488. The number of imidazole rings is 1. The second-order valence-corrected chi connectivity index (χ2v) is 12.2. The number of benzene rings is 3. The van der Waals surface area contributed by atoms with Crippen LogP contribution in [0.4, 0.5) is 5.69 Å². The second kappa shape index (κ2) is 13.4. The lowest BCUT2D eigenvalue weighted by atomic mass is 9.92. The zero-order valence-electron chi connectivity index (χ0n) is 27.2. The predicted octanol–water partition coefficient (Wildman–Crippen LogP) is 6.01. The molecule has 1 aliphatic carbocycles. The van der Waals surface area contributed by atoms with Gasteiger partial charge in [-0.25, -0.2) is 4.98 Å². The second-order valence-electron chi connectivity index (χ2n) is 12.2. The van der Waals surface area contributed by atoms with Gasteiger partial charge in [-0.05, 0) is 93.6 Å². The van der Waals surface area contributed by atoms with Crippen molar-refractivity contribution in [3.8, 4) is 28.6 Å². The smallest absolute Gasteiger partial charge is 0.251 e. The fourth-order valence-corrected chi connectivity index (χ4v) is 6.56. The maximum atomic E-state index is 13.3. The first-order valence-corrected chi connectivity index (χ1v) is 16.1. The molecule has 1 amide bonds. The number of ether oxygens (including phenoxy) is 3. The van der Waals surface area contributed by atoms with E-state index in [1.807, 2.05) is 30.3 Å². The summed E-state index contributed by atoms with van der Waals surface area (Å²) in [5, 5.41) is 3.16. The Labute approximate surface area is 266 Å². The summed E-state index contributed by atoms with van der Waals surface area (Å²) in [6.07, 6.45) is 4.26. The number of nitrogens with one attached hydrogen (secondary N) is 1. The van der Waals surface area contributed by atoms with Gasteiger partial charge in [0.1, 0.15) is 5.82 Å². The molecule has 2 heterocycles. The van der Waals surface area contributed by atoms with Crippen LogP contribution in [0, 0.1) is 13.8 Å². The van der Waals surface area contributed by atoms with E-state index in [1.165, 1.54) is 23.2 Å². The average molecular weight is 612 g/mol. The minimum atomic E-state index is -0.0488. The number of nitrogens with zero attached hydrogens (tertiary/aromatic N) is 4. The van der Waals surface area contributed by atoms with Crippen molar-refractivity contribution in [2.24, 2.45) is 0 Å². The number of fused-ring (bicyclic) bond motifs is 1. The Kier molecular flexibility index (Phi) is 9.16. The molecule has 1 aliphatic heterocycles. The highest BCUT2D eigenvalue weighted by Crippen LogP contribution is 2.44. The van der Waals surface area contributed by atoms with Crippen LogP contribution in [0.25, 0.3) is 22.4 Å². The summed E-state index contributed by atoms with van der Waals surface area (Å²) in [4.78, 5) is 23.3. The lowest BCUT2D eigenvalue weighted by molar-refractivity contribution is 0.0951.